The number of fused-ring (bicyclic) bond motifs is 9. The van der Waals surface area contributed by atoms with Crippen molar-refractivity contribution in [1.29, 1.82) is 0 Å². The van der Waals surface area contributed by atoms with Crippen LogP contribution in [0.15, 0.2) is 157 Å². The minimum Gasteiger partial charge on any atom is -0.457 e. The van der Waals surface area contributed by atoms with E-state index < -0.39 is 46.9 Å². The molecule has 2 heterocycles. The van der Waals surface area contributed by atoms with Crippen LogP contribution in [0.1, 0.15) is 95.6 Å². The van der Waals surface area contributed by atoms with Gasteiger partial charge in [-0.2, -0.15) is 0 Å². The molecule has 12 rings (SSSR count). The molecule has 6 aromatic carbocycles. The quantitative estimate of drug-likeness (QED) is 0.0819. The molecule has 12 heteroatoms. The Balaban J connectivity index is 0.969. The van der Waals surface area contributed by atoms with Crippen molar-refractivity contribution in [3.63, 3.8) is 0 Å². The summed E-state index contributed by atoms with van der Waals surface area (Å²) in [6.07, 6.45) is 6.46. The lowest BCUT2D eigenvalue weighted by Gasteiger charge is -2.30. The van der Waals surface area contributed by atoms with Crippen LogP contribution in [0.2, 0.25) is 0 Å². The Morgan fingerprint density at radius 1 is 0.471 bits per heavy atom. The van der Waals surface area contributed by atoms with Crippen LogP contribution < -0.4 is 0 Å². The van der Waals surface area contributed by atoms with Gasteiger partial charge in [-0.25, -0.2) is 19.6 Å². The summed E-state index contributed by atoms with van der Waals surface area (Å²) in [6, 6.07) is 40.5. The average molecular weight is 925 g/mol. The number of nitrogens with zero attached hydrogens (tertiary/aromatic N) is 2. The van der Waals surface area contributed by atoms with Gasteiger partial charge in [-0.05, 0) is 69.1 Å². The van der Waals surface area contributed by atoms with Gasteiger partial charge in [0.05, 0.1) is 33.7 Å². The Labute approximate surface area is 395 Å². The number of rotatable bonds is 8. The van der Waals surface area contributed by atoms with Crippen LogP contribution >= 0.6 is 22.7 Å². The molecule has 0 saturated heterocycles. The summed E-state index contributed by atoms with van der Waals surface area (Å²) < 4.78 is 11.8. The second-order valence-corrected chi connectivity index (χ2v) is 18.9. The predicted octanol–water partition coefficient (Wildman–Crippen LogP) is 11.0. The highest BCUT2D eigenvalue weighted by Crippen LogP contribution is 2.54. The summed E-state index contributed by atoms with van der Waals surface area (Å²) in [7, 11) is 0. The highest BCUT2D eigenvalue weighted by molar-refractivity contribution is 7.13. The molecule has 2 atom stereocenters. The molecule has 0 fully saturated rings. The third-order valence-electron chi connectivity index (χ3n) is 12.7. The lowest BCUT2D eigenvalue weighted by Crippen LogP contribution is -2.23. The first-order valence-electron chi connectivity index (χ1n) is 21.7. The molecule has 0 radical (unpaired) electrons. The first-order valence-corrected chi connectivity index (χ1v) is 23.4. The van der Waals surface area contributed by atoms with E-state index in [1.165, 1.54) is 34.8 Å². The van der Waals surface area contributed by atoms with Gasteiger partial charge in [-0.15, -0.1) is 22.7 Å². The number of carbonyl (C=O) groups is 6. The average Bonchev–Trinajstić information content (AvgIpc) is 4.11. The van der Waals surface area contributed by atoms with Crippen LogP contribution in [0.5, 0.6) is 0 Å². The lowest BCUT2D eigenvalue weighted by atomic mass is 9.76. The fourth-order valence-corrected chi connectivity index (χ4v) is 11.6. The summed E-state index contributed by atoms with van der Waals surface area (Å²) in [6.45, 7) is -0.0319. The molecule has 326 valence electrons. The molecular formula is C56H32N2O8S2. The summed E-state index contributed by atoms with van der Waals surface area (Å²) in [5, 5.41) is 3.93. The van der Waals surface area contributed by atoms with E-state index in [-0.39, 0.29) is 46.9 Å². The van der Waals surface area contributed by atoms with Gasteiger partial charge in [0.2, 0.25) is 0 Å². The first-order chi connectivity index (χ1) is 33.2. The zero-order valence-corrected chi connectivity index (χ0v) is 37.2. The van der Waals surface area contributed by atoms with Gasteiger partial charge in [0.25, 0.3) is 0 Å². The molecule has 0 bridgehead atoms. The van der Waals surface area contributed by atoms with Crippen LogP contribution in [-0.2, 0) is 32.3 Å². The Morgan fingerprint density at radius 3 is 1.13 bits per heavy atom. The van der Waals surface area contributed by atoms with Gasteiger partial charge >= 0.3 is 11.9 Å². The zero-order valence-electron chi connectivity index (χ0n) is 35.6. The Kier molecular flexibility index (Phi) is 9.82. The van der Waals surface area contributed by atoms with Crippen molar-refractivity contribution in [2.24, 2.45) is 0 Å². The maximum Gasteiger partial charge on any atom is 0.340 e. The molecule has 4 aliphatic carbocycles. The third-order valence-corrected chi connectivity index (χ3v) is 14.9. The Hall–Kier alpha value is -8.32. The van der Waals surface area contributed by atoms with Crippen molar-refractivity contribution in [3.05, 3.63) is 221 Å². The van der Waals surface area contributed by atoms with Crippen LogP contribution in [-0.4, -0.2) is 45.0 Å². The van der Waals surface area contributed by atoms with E-state index in [2.05, 4.69) is 0 Å². The molecule has 0 N–H and O–H groups in total. The minimum absolute atomic E-state index is 0.0159. The number of carbonyl (C=O) groups excluding carboxylic acids is 6. The summed E-state index contributed by atoms with van der Waals surface area (Å²) in [4.78, 5) is 95.3. The monoisotopic (exact) mass is 924 g/mol. The van der Waals surface area contributed by atoms with Gasteiger partial charge in [0.1, 0.15) is 23.2 Å². The molecular weight excluding hydrogens is 893 g/mol. The van der Waals surface area contributed by atoms with E-state index in [0.717, 1.165) is 32.7 Å². The largest absolute Gasteiger partial charge is 0.457 e. The predicted molar refractivity (Wildman–Crippen MR) is 259 cm³/mol. The Morgan fingerprint density at radius 2 is 0.794 bits per heavy atom. The van der Waals surface area contributed by atoms with E-state index in [1.807, 2.05) is 109 Å². The fourth-order valence-electron chi connectivity index (χ4n) is 9.32. The summed E-state index contributed by atoms with van der Waals surface area (Å²) >= 11 is 2.40. The van der Waals surface area contributed by atoms with Crippen molar-refractivity contribution in [3.8, 4) is 0 Å². The van der Waals surface area contributed by atoms with Crippen LogP contribution in [0.3, 0.4) is 0 Å². The normalized spacial score (nSPS) is 16.7. The van der Waals surface area contributed by atoms with E-state index in [4.69, 9.17) is 19.4 Å². The summed E-state index contributed by atoms with van der Waals surface area (Å²) in [5.41, 5.74) is 3.58. The van der Waals surface area contributed by atoms with E-state index in [9.17, 15) is 28.8 Å². The molecule has 2 aromatic heterocycles. The number of aromatic nitrogens is 2. The number of esters is 2. The number of ketones is 4. The van der Waals surface area contributed by atoms with Crippen molar-refractivity contribution >= 4 is 103 Å². The van der Waals surface area contributed by atoms with Gasteiger partial charge in [0, 0.05) is 43.8 Å². The van der Waals surface area contributed by atoms with Gasteiger partial charge in [-0.1, -0.05) is 121 Å². The molecule has 2 unspecified atom stereocenters. The third kappa shape index (κ3) is 6.92. The molecule has 0 aliphatic heterocycles. The second-order valence-electron chi connectivity index (χ2n) is 16.8. The van der Waals surface area contributed by atoms with Crippen molar-refractivity contribution in [2.45, 2.75) is 25.0 Å². The van der Waals surface area contributed by atoms with Crippen LogP contribution in [0, 0.1) is 0 Å². The SMILES string of the molecule is O=C(OCc1ccccc1)C1=CC2c3sc(C=C4C(=O)c5cc6ccccc6cc5C4=O)nc3C(C(=O)OCc3ccccc3)=CC2c2sc(C=C3C(=O)c4cc5ccccc5cc4C3=O)nc21. The van der Waals surface area contributed by atoms with E-state index in [0.29, 0.717) is 42.0 Å². The lowest BCUT2D eigenvalue weighted by molar-refractivity contribution is -0.138. The van der Waals surface area contributed by atoms with Gasteiger partial charge in [-0.3, -0.25) is 19.2 Å². The first kappa shape index (κ1) is 41.1. The van der Waals surface area contributed by atoms with Crippen LogP contribution in [0.4, 0.5) is 0 Å². The fraction of sp³-hybridized carbons (Fsp3) is 0.0714. The standard InChI is InChI=1S/C56H32N2O8S2/c59-49-35-19-31-15-7-8-16-32(31)20-36(35)50(60)43(49)25-45-57-47-41(55(63)65-27-29-11-3-1-4-12-29)23-39-40(53(47)67-45)24-42(56(64)66-28-30-13-5-2-6-14-30)48-54(39)68-46(58-48)26-44-51(61)37-21-33-17-9-10-18-34(33)22-38(37)52(44)62/h1-26,39-40H,27-28H2. The van der Waals surface area contributed by atoms with Crippen LogP contribution in [0.25, 0.3) is 44.8 Å². The highest BCUT2D eigenvalue weighted by Gasteiger charge is 2.43. The number of hydrogen-bond donors (Lipinski definition) is 0. The zero-order chi connectivity index (χ0) is 46.2. The van der Waals surface area contributed by atoms with Gasteiger partial charge in [0.15, 0.2) is 23.1 Å². The summed E-state index contributed by atoms with van der Waals surface area (Å²) in [5.74, 6) is -4.20. The maximum atomic E-state index is 14.3. The van der Waals surface area contributed by atoms with E-state index >= 15 is 0 Å². The second kappa shape index (κ2) is 16.2. The van der Waals surface area contributed by atoms with Crippen molar-refractivity contribution in [2.75, 3.05) is 0 Å². The number of Topliss-reactive ketones (excluding diaryl/α,β-unsaturated/α-hetero) is 4. The topological polar surface area (TPSA) is 147 Å². The smallest absolute Gasteiger partial charge is 0.340 e. The minimum atomic E-state index is -0.650. The van der Waals surface area contributed by atoms with E-state index in [1.54, 1.807) is 36.4 Å². The number of hydrogen-bond acceptors (Lipinski definition) is 12. The number of ether oxygens (including phenoxy) is 2. The molecule has 4 aliphatic rings. The molecule has 68 heavy (non-hydrogen) atoms. The van der Waals surface area contributed by atoms with Crippen molar-refractivity contribution < 1.29 is 38.2 Å². The molecule has 10 nitrogen and oxygen atoms in total. The molecule has 8 aromatic rings. The number of thiazole rings is 2. The number of allylic oxidation sites excluding steroid dienone is 4. The highest BCUT2D eigenvalue weighted by atomic mass is 32.1. The molecule has 0 saturated carbocycles. The van der Waals surface area contributed by atoms with Gasteiger partial charge < -0.3 is 9.47 Å². The number of benzene rings is 6. The Bertz CT molecular complexity index is 3350. The maximum absolute atomic E-state index is 14.3. The molecule has 0 spiro atoms. The van der Waals surface area contributed by atoms with Crippen molar-refractivity contribution in [1.82, 2.24) is 9.97 Å². The molecule has 0 amide bonds.